The number of rotatable bonds is 6. The SMILES string of the molecule is O=C(Nc1nnc(C2CC2)s1)c1cccc(S(=O)(=O)NC2CCS(=O)(=O)C2)c1. The van der Waals surface area contributed by atoms with Crippen molar-refractivity contribution in [1.82, 2.24) is 14.9 Å². The van der Waals surface area contributed by atoms with Crippen LogP contribution in [-0.4, -0.2) is 50.5 Å². The maximum atomic E-state index is 12.6. The Balaban J connectivity index is 1.47. The molecule has 0 bridgehead atoms. The molecule has 2 aromatic rings. The predicted octanol–water partition coefficient (Wildman–Crippen LogP) is 1.13. The third kappa shape index (κ3) is 4.40. The Labute approximate surface area is 166 Å². The number of amides is 1. The number of sulfonamides is 1. The molecular weight excluding hydrogens is 424 g/mol. The average Bonchev–Trinajstić information content (AvgIpc) is 3.29. The molecule has 1 saturated heterocycles. The van der Waals surface area contributed by atoms with Gasteiger partial charge >= 0.3 is 0 Å². The van der Waals surface area contributed by atoms with Gasteiger partial charge in [-0.3, -0.25) is 10.1 Å². The number of carbonyl (C=O) groups is 1. The van der Waals surface area contributed by atoms with Crippen LogP contribution in [0.25, 0.3) is 0 Å². The van der Waals surface area contributed by atoms with Crippen molar-refractivity contribution in [3.8, 4) is 0 Å². The van der Waals surface area contributed by atoms with Crippen LogP contribution in [-0.2, 0) is 19.9 Å². The molecule has 150 valence electrons. The second kappa shape index (κ2) is 7.17. The van der Waals surface area contributed by atoms with E-state index < -0.39 is 31.8 Å². The number of hydrogen-bond donors (Lipinski definition) is 2. The second-order valence-electron chi connectivity index (χ2n) is 6.92. The summed E-state index contributed by atoms with van der Waals surface area (Å²) in [4.78, 5) is 12.4. The highest BCUT2D eigenvalue weighted by molar-refractivity contribution is 7.92. The molecule has 2 N–H and O–H groups in total. The number of nitrogens with zero attached hydrogens (tertiary/aromatic N) is 2. The van der Waals surface area contributed by atoms with Gasteiger partial charge in [0.05, 0.1) is 16.4 Å². The smallest absolute Gasteiger partial charge is 0.257 e. The van der Waals surface area contributed by atoms with Crippen LogP contribution in [0.5, 0.6) is 0 Å². The Morgan fingerprint density at radius 3 is 2.64 bits per heavy atom. The van der Waals surface area contributed by atoms with Gasteiger partial charge in [0.25, 0.3) is 5.91 Å². The minimum atomic E-state index is -3.94. The Morgan fingerprint density at radius 1 is 1.18 bits per heavy atom. The lowest BCUT2D eigenvalue weighted by Crippen LogP contribution is -2.35. The zero-order valence-electron chi connectivity index (χ0n) is 14.7. The minimum absolute atomic E-state index is 0.0344. The van der Waals surface area contributed by atoms with Crippen molar-refractivity contribution >= 4 is 42.2 Å². The maximum absolute atomic E-state index is 12.6. The lowest BCUT2D eigenvalue weighted by Gasteiger charge is -2.12. The fourth-order valence-electron chi connectivity index (χ4n) is 2.93. The molecule has 0 radical (unpaired) electrons. The molecule has 1 aliphatic heterocycles. The molecule has 9 nitrogen and oxygen atoms in total. The zero-order chi connectivity index (χ0) is 19.9. The standard InChI is InChI=1S/C16H18N4O5S3/c21-14(17-16-19-18-15(26-16)10-4-5-10)11-2-1-3-13(8-11)28(24,25)20-12-6-7-27(22,23)9-12/h1-3,8,10,12,20H,4-7,9H2,(H,17,19,21). The zero-order valence-corrected chi connectivity index (χ0v) is 17.1. The van der Waals surface area contributed by atoms with Gasteiger partial charge < -0.3 is 0 Å². The summed E-state index contributed by atoms with van der Waals surface area (Å²) in [6, 6.07) is 4.92. The summed E-state index contributed by atoms with van der Waals surface area (Å²) < 4.78 is 50.6. The van der Waals surface area contributed by atoms with Crippen LogP contribution >= 0.6 is 11.3 Å². The Morgan fingerprint density at radius 2 is 1.96 bits per heavy atom. The first-order valence-corrected chi connectivity index (χ1v) is 12.8. The van der Waals surface area contributed by atoms with Gasteiger partial charge in [-0.05, 0) is 37.5 Å². The number of hydrogen-bond acceptors (Lipinski definition) is 8. The van der Waals surface area contributed by atoms with Gasteiger partial charge in [0.2, 0.25) is 15.2 Å². The third-order valence-electron chi connectivity index (χ3n) is 4.55. The first-order chi connectivity index (χ1) is 13.2. The number of carbonyl (C=O) groups excluding carboxylic acids is 1. The quantitative estimate of drug-likeness (QED) is 0.684. The van der Waals surface area contributed by atoms with Gasteiger partial charge in [-0.25, -0.2) is 21.6 Å². The number of anilines is 1. The third-order valence-corrected chi connectivity index (χ3v) is 8.84. The van der Waals surface area contributed by atoms with Crippen LogP contribution in [0.4, 0.5) is 5.13 Å². The maximum Gasteiger partial charge on any atom is 0.257 e. The van der Waals surface area contributed by atoms with Crippen molar-refractivity contribution in [3.05, 3.63) is 34.8 Å². The molecule has 2 heterocycles. The van der Waals surface area contributed by atoms with Crippen molar-refractivity contribution in [3.63, 3.8) is 0 Å². The molecule has 1 aromatic carbocycles. The topological polar surface area (TPSA) is 135 Å². The highest BCUT2D eigenvalue weighted by Gasteiger charge is 2.32. The molecule has 1 aliphatic carbocycles. The fraction of sp³-hybridized carbons (Fsp3) is 0.438. The molecule has 1 aromatic heterocycles. The number of nitrogens with one attached hydrogen (secondary N) is 2. The lowest BCUT2D eigenvalue weighted by molar-refractivity contribution is 0.102. The van der Waals surface area contributed by atoms with Gasteiger partial charge in [-0.1, -0.05) is 17.4 Å². The molecular formula is C16H18N4O5S3. The van der Waals surface area contributed by atoms with E-state index in [2.05, 4.69) is 20.2 Å². The van der Waals surface area contributed by atoms with E-state index in [4.69, 9.17) is 0 Å². The lowest BCUT2D eigenvalue weighted by atomic mass is 10.2. The van der Waals surface area contributed by atoms with E-state index in [1.807, 2.05) is 0 Å². The molecule has 1 amide bonds. The summed E-state index contributed by atoms with van der Waals surface area (Å²) in [6.07, 6.45) is 2.40. The molecule has 2 aliphatic rings. The molecule has 1 unspecified atom stereocenters. The van der Waals surface area contributed by atoms with Crippen molar-refractivity contribution in [1.29, 1.82) is 0 Å². The van der Waals surface area contributed by atoms with Crippen molar-refractivity contribution in [2.45, 2.75) is 36.1 Å². The Bertz CT molecular complexity index is 1120. The molecule has 4 rings (SSSR count). The van der Waals surface area contributed by atoms with Crippen LogP contribution in [0.1, 0.15) is 40.5 Å². The van der Waals surface area contributed by atoms with E-state index in [-0.39, 0.29) is 28.4 Å². The summed E-state index contributed by atoms with van der Waals surface area (Å²) in [5, 5.41) is 11.9. The van der Waals surface area contributed by atoms with Crippen molar-refractivity contribution < 1.29 is 21.6 Å². The molecule has 1 saturated carbocycles. The number of aromatic nitrogens is 2. The normalized spacial score (nSPS) is 21.5. The van der Waals surface area contributed by atoms with Gasteiger partial charge in [-0.15, -0.1) is 10.2 Å². The summed E-state index contributed by atoms with van der Waals surface area (Å²) in [5.74, 6) is -0.304. The van der Waals surface area contributed by atoms with E-state index in [0.717, 1.165) is 17.8 Å². The van der Waals surface area contributed by atoms with E-state index >= 15 is 0 Å². The summed E-state index contributed by atoms with van der Waals surface area (Å²) in [7, 11) is -7.15. The van der Waals surface area contributed by atoms with E-state index in [1.165, 1.54) is 35.6 Å². The second-order valence-corrected chi connectivity index (χ2v) is 11.9. The van der Waals surface area contributed by atoms with Crippen molar-refractivity contribution in [2.24, 2.45) is 0 Å². The molecule has 2 fully saturated rings. The molecule has 1 atom stereocenters. The summed E-state index contributed by atoms with van der Waals surface area (Å²) in [6.45, 7) is 0. The van der Waals surface area contributed by atoms with E-state index in [9.17, 15) is 21.6 Å². The fourth-order valence-corrected chi connectivity index (χ4v) is 6.93. The molecule has 12 heteroatoms. The monoisotopic (exact) mass is 442 g/mol. The molecule has 28 heavy (non-hydrogen) atoms. The first kappa shape index (κ1) is 19.4. The van der Waals surface area contributed by atoms with Crippen molar-refractivity contribution in [2.75, 3.05) is 16.8 Å². The van der Waals surface area contributed by atoms with Gasteiger partial charge in [0.15, 0.2) is 9.84 Å². The number of sulfone groups is 1. The Hall–Kier alpha value is -1.89. The molecule has 0 spiro atoms. The van der Waals surface area contributed by atoms with Crippen LogP contribution in [0.3, 0.4) is 0 Å². The highest BCUT2D eigenvalue weighted by atomic mass is 32.2. The van der Waals surface area contributed by atoms with Crippen LogP contribution in [0, 0.1) is 0 Å². The van der Waals surface area contributed by atoms with E-state index in [1.54, 1.807) is 0 Å². The van der Waals surface area contributed by atoms with E-state index in [0.29, 0.717) is 11.0 Å². The number of benzene rings is 1. The summed E-state index contributed by atoms with van der Waals surface area (Å²) in [5.41, 5.74) is 0.157. The predicted molar refractivity (Wildman–Crippen MR) is 104 cm³/mol. The van der Waals surface area contributed by atoms with Crippen LogP contribution < -0.4 is 10.0 Å². The minimum Gasteiger partial charge on any atom is -0.296 e. The van der Waals surface area contributed by atoms with Crippen LogP contribution in [0.15, 0.2) is 29.2 Å². The summed E-state index contributed by atoms with van der Waals surface area (Å²) >= 11 is 1.32. The van der Waals surface area contributed by atoms with Gasteiger partial charge in [-0.2, -0.15) is 0 Å². The Kier molecular flexibility index (Phi) is 4.98. The largest absolute Gasteiger partial charge is 0.296 e. The van der Waals surface area contributed by atoms with Gasteiger partial charge in [0, 0.05) is 17.5 Å². The highest BCUT2D eigenvalue weighted by Crippen LogP contribution is 2.42. The van der Waals surface area contributed by atoms with Gasteiger partial charge in [0.1, 0.15) is 5.01 Å². The average molecular weight is 443 g/mol. The van der Waals surface area contributed by atoms with Crippen LogP contribution in [0.2, 0.25) is 0 Å². The first-order valence-electron chi connectivity index (χ1n) is 8.69.